The van der Waals surface area contributed by atoms with Gasteiger partial charge in [-0.15, -0.1) is 0 Å². The minimum absolute atomic E-state index is 0.726. The first-order chi connectivity index (χ1) is 9.78. The first-order valence-corrected chi connectivity index (χ1v) is 8.52. The molecule has 1 aromatic carbocycles. The molecule has 0 spiro atoms. The molecule has 1 atom stereocenters. The fraction of sp³-hybridized carbons (Fsp3) is 0.684. The third-order valence-corrected chi connectivity index (χ3v) is 4.90. The van der Waals surface area contributed by atoms with Crippen LogP contribution in [0.25, 0.3) is 0 Å². The van der Waals surface area contributed by atoms with E-state index < -0.39 is 0 Å². The molecule has 1 saturated carbocycles. The van der Waals surface area contributed by atoms with Gasteiger partial charge in [0.05, 0.1) is 0 Å². The number of hydrogen-bond donors (Lipinski definition) is 1. The van der Waals surface area contributed by atoms with E-state index in [0.717, 1.165) is 24.3 Å². The summed E-state index contributed by atoms with van der Waals surface area (Å²) in [6.07, 6.45) is 8.38. The van der Waals surface area contributed by atoms with Gasteiger partial charge in [-0.1, -0.05) is 63.4 Å². The third kappa shape index (κ3) is 5.28. The van der Waals surface area contributed by atoms with E-state index in [1.54, 1.807) is 0 Å². The Hall–Kier alpha value is -0.820. The molecule has 1 nitrogen and oxygen atoms in total. The van der Waals surface area contributed by atoms with E-state index in [0.29, 0.717) is 0 Å². The fourth-order valence-corrected chi connectivity index (χ4v) is 3.47. The lowest BCUT2D eigenvalue weighted by molar-refractivity contribution is 0.260. The van der Waals surface area contributed by atoms with Crippen LogP contribution in [0.1, 0.15) is 51.5 Å². The molecule has 1 aromatic rings. The van der Waals surface area contributed by atoms with E-state index in [1.807, 2.05) is 0 Å². The second-order valence-corrected chi connectivity index (χ2v) is 6.75. The van der Waals surface area contributed by atoms with Crippen molar-refractivity contribution in [1.82, 2.24) is 5.32 Å². The van der Waals surface area contributed by atoms with Crippen molar-refractivity contribution in [2.24, 2.45) is 17.8 Å². The van der Waals surface area contributed by atoms with E-state index in [9.17, 15) is 0 Å². The van der Waals surface area contributed by atoms with Crippen molar-refractivity contribution in [3.63, 3.8) is 0 Å². The Kier molecular flexibility index (Phi) is 6.59. The van der Waals surface area contributed by atoms with Crippen LogP contribution in [-0.4, -0.2) is 13.1 Å². The zero-order valence-corrected chi connectivity index (χ0v) is 13.3. The summed E-state index contributed by atoms with van der Waals surface area (Å²) in [7, 11) is 0. The summed E-state index contributed by atoms with van der Waals surface area (Å²) in [4.78, 5) is 0. The van der Waals surface area contributed by atoms with Crippen molar-refractivity contribution in [3.8, 4) is 0 Å². The molecule has 1 heteroatoms. The first-order valence-electron chi connectivity index (χ1n) is 8.52. The van der Waals surface area contributed by atoms with Crippen molar-refractivity contribution in [2.45, 2.75) is 52.4 Å². The Morgan fingerprint density at radius 2 is 1.70 bits per heavy atom. The number of hydrogen-bond acceptors (Lipinski definition) is 1. The van der Waals surface area contributed by atoms with Gasteiger partial charge >= 0.3 is 0 Å². The smallest absolute Gasteiger partial charge is 0.00199 e. The molecule has 1 aliphatic rings. The highest BCUT2D eigenvalue weighted by atomic mass is 14.9. The predicted octanol–water partition coefficient (Wildman–Crippen LogP) is 4.67. The molecular weight excluding hydrogens is 242 g/mol. The lowest BCUT2D eigenvalue weighted by Gasteiger charge is -2.28. The molecule has 0 saturated heterocycles. The average Bonchev–Trinajstić information content (AvgIpc) is 2.49. The lowest BCUT2D eigenvalue weighted by atomic mass is 9.81. The molecule has 0 radical (unpaired) electrons. The summed E-state index contributed by atoms with van der Waals surface area (Å²) >= 11 is 0. The van der Waals surface area contributed by atoms with Gasteiger partial charge in [0.25, 0.3) is 0 Å². The second-order valence-electron chi connectivity index (χ2n) is 6.75. The first kappa shape index (κ1) is 15.6. The third-order valence-electron chi connectivity index (χ3n) is 4.90. The normalized spacial score (nSPS) is 24.5. The van der Waals surface area contributed by atoms with Gasteiger partial charge in [0, 0.05) is 0 Å². The van der Waals surface area contributed by atoms with Crippen molar-refractivity contribution in [3.05, 3.63) is 35.9 Å². The summed E-state index contributed by atoms with van der Waals surface area (Å²) in [5, 5.41) is 3.71. The Morgan fingerprint density at radius 3 is 2.35 bits per heavy atom. The molecule has 1 aliphatic carbocycles. The van der Waals surface area contributed by atoms with E-state index in [1.165, 1.54) is 50.6 Å². The topological polar surface area (TPSA) is 12.0 Å². The number of benzene rings is 1. The molecule has 0 amide bonds. The largest absolute Gasteiger partial charge is 0.316 e. The maximum absolute atomic E-state index is 3.71. The molecule has 0 aromatic heterocycles. The Morgan fingerprint density at radius 1 is 1.05 bits per heavy atom. The van der Waals surface area contributed by atoms with E-state index in [-0.39, 0.29) is 0 Å². The van der Waals surface area contributed by atoms with Crippen LogP contribution in [0.5, 0.6) is 0 Å². The highest BCUT2D eigenvalue weighted by molar-refractivity contribution is 5.15. The summed E-state index contributed by atoms with van der Waals surface area (Å²) in [6.45, 7) is 7.08. The summed E-state index contributed by atoms with van der Waals surface area (Å²) in [6, 6.07) is 10.9. The molecule has 0 aliphatic heterocycles. The van der Waals surface area contributed by atoms with Crippen LogP contribution in [0.3, 0.4) is 0 Å². The maximum atomic E-state index is 3.71. The molecule has 1 N–H and O–H groups in total. The minimum Gasteiger partial charge on any atom is -0.316 e. The van der Waals surface area contributed by atoms with Gasteiger partial charge in [-0.2, -0.15) is 0 Å². The molecule has 1 fully saturated rings. The Bertz CT molecular complexity index is 351. The monoisotopic (exact) mass is 273 g/mol. The van der Waals surface area contributed by atoms with Gasteiger partial charge in [-0.3, -0.25) is 0 Å². The van der Waals surface area contributed by atoms with Crippen LogP contribution in [0.4, 0.5) is 0 Å². The van der Waals surface area contributed by atoms with Gasteiger partial charge in [0.1, 0.15) is 0 Å². The second kappa shape index (κ2) is 8.46. The van der Waals surface area contributed by atoms with Gasteiger partial charge in [-0.25, -0.2) is 0 Å². The maximum Gasteiger partial charge on any atom is -0.00199 e. The zero-order chi connectivity index (χ0) is 14.2. The minimum atomic E-state index is 0.726. The van der Waals surface area contributed by atoms with Gasteiger partial charge in [-0.05, 0) is 55.7 Å². The quantitative estimate of drug-likeness (QED) is 0.761. The molecule has 0 bridgehead atoms. The lowest BCUT2D eigenvalue weighted by Crippen LogP contribution is -2.30. The number of nitrogens with one attached hydrogen (secondary N) is 1. The van der Waals surface area contributed by atoms with Gasteiger partial charge < -0.3 is 5.32 Å². The Balaban J connectivity index is 1.59. The Labute approximate surface area is 125 Å². The van der Waals surface area contributed by atoms with E-state index in [2.05, 4.69) is 49.5 Å². The molecule has 2 rings (SSSR count). The van der Waals surface area contributed by atoms with Crippen LogP contribution in [0, 0.1) is 17.8 Å². The molecule has 112 valence electrons. The van der Waals surface area contributed by atoms with Crippen molar-refractivity contribution in [1.29, 1.82) is 0 Å². The van der Waals surface area contributed by atoms with Crippen LogP contribution >= 0.6 is 0 Å². The molecule has 20 heavy (non-hydrogen) atoms. The standard InChI is InChI=1S/C19H31N/c1-3-17-9-11-19(12-10-17)15-20-14-16(2)13-18-7-5-4-6-8-18/h4-8,16-17,19-20H,3,9-15H2,1-2H3. The highest BCUT2D eigenvalue weighted by Crippen LogP contribution is 2.30. The van der Waals surface area contributed by atoms with Crippen molar-refractivity contribution in [2.75, 3.05) is 13.1 Å². The van der Waals surface area contributed by atoms with Crippen molar-refractivity contribution < 1.29 is 0 Å². The van der Waals surface area contributed by atoms with Crippen LogP contribution in [-0.2, 0) is 6.42 Å². The predicted molar refractivity (Wildman–Crippen MR) is 87.9 cm³/mol. The van der Waals surface area contributed by atoms with E-state index >= 15 is 0 Å². The van der Waals surface area contributed by atoms with Gasteiger partial charge in [0.15, 0.2) is 0 Å². The van der Waals surface area contributed by atoms with Gasteiger partial charge in [0.2, 0.25) is 0 Å². The molecule has 0 heterocycles. The highest BCUT2D eigenvalue weighted by Gasteiger charge is 2.19. The zero-order valence-electron chi connectivity index (χ0n) is 13.3. The van der Waals surface area contributed by atoms with Crippen molar-refractivity contribution >= 4 is 0 Å². The average molecular weight is 273 g/mol. The van der Waals surface area contributed by atoms with Crippen LogP contribution in [0.2, 0.25) is 0 Å². The molecular formula is C19H31N. The summed E-state index contributed by atoms with van der Waals surface area (Å²) in [5.41, 5.74) is 1.46. The number of rotatable bonds is 7. The summed E-state index contributed by atoms with van der Waals surface area (Å²) < 4.78 is 0. The van der Waals surface area contributed by atoms with E-state index in [4.69, 9.17) is 0 Å². The van der Waals surface area contributed by atoms with Crippen LogP contribution in [0.15, 0.2) is 30.3 Å². The SMILES string of the molecule is CCC1CCC(CNCC(C)Cc2ccccc2)CC1. The van der Waals surface area contributed by atoms with Crippen LogP contribution < -0.4 is 5.32 Å². The summed E-state index contributed by atoms with van der Waals surface area (Å²) in [5.74, 6) is 2.68. The molecule has 1 unspecified atom stereocenters. The fourth-order valence-electron chi connectivity index (χ4n) is 3.47.